The maximum atomic E-state index is 4.20. The fourth-order valence-electron chi connectivity index (χ4n) is 1.56. The number of allylic oxidation sites excluding steroid dienone is 3. The molecule has 0 aromatic heterocycles. The van der Waals surface area contributed by atoms with E-state index in [2.05, 4.69) is 33.4 Å². The molecule has 0 bridgehead atoms. The zero-order valence-corrected chi connectivity index (χ0v) is 10.2. The third-order valence-corrected chi connectivity index (χ3v) is 2.48. The zero-order chi connectivity index (χ0) is 10.8. The second-order valence-electron chi connectivity index (χ2n) is 3.98. The van der Waals surface area contributed by atoms with Crippen LogP contribution >= 0.6 is 0 Å². The molecular weight excluding hydrogens is 168 g/mol. The van der Waals surface area contributed by atoms with Gasteiger partial charge in [0.05, 0.1) is 0 Å². The van der Waals surface area contributed by atoms with E-state index < -0.39 is 0 Å². The van der Waals surface area contributed by atoms with E-state index in [0.717, 1.165) is 0 Å². The molecule has 0 spiro atoms. The maximum absolute atomic E-state index is 4.20. The minimum atomic E-state index is 1.19. The topological polar surface area (TPSA) is 0 Å². The van der Waals surface area contributed by atoms with Gasteiger partial charge in [-0.25, -0.2) is 0 Å². The third-order valence-electron chi connectivity index (χ3n) is 2.48. The van der Waals surface area contributed by atoms with Crippen LogP contribution < -0.4 is 0 Å². The van der Waals surface area contributed by atoms with Crippen LogP contribution in [-0.2, 0) is 0 Å². The molecule has 0 aromatic rings. The maximum Gasteiger partial charge on any atom is -0.0282 e. The van der Waals surface area contributed by atoms with Crippen molar-refractivity contribution in [2.24, 2.45) is 0 Å². The lowest BCUT2D eigenvalue weighted by Gasteiger charge is -2.09. The molecule has 14 heavy (non-hydrogen) atoms. The molecule has 0 aliphatic carbocycles. The van der Waals surface area contributed by atoms with Gasteiger partial charge in [-0.2, -0.15) is 0 Å². The highest BCUT2D eigenvalue weighted by Gasteiger charge is 2.00. The molecule has 0 radical (unpaired) electrons. The highest BCUT2D eigenvalue weighted by atomic mass is 14.1. The minimum absolute atomic E-state index is 1.19. The van der Waals surface area contributed by atoms with Crippen LogP contribution in [0.25, 0.3) is 0 Å². The first kappa shape index (κ1) is 13.5. The number of hydrogen-bond donors (Lipinski definition) is 0. The monoisotopic (exact) mass is 194 g/mol. The molecule has 0 nitrogen and oxygen atoms in total. The lowest BCUT2D eigenvalue weighted by atomic mass is 9.97. The SMILES string of the molecule is C=C(CCCC)/C(=C/CCC)CCC. The Morgan fingerprint density at radius 3 is 2.21 bits per heavy atom. The molecule has 82 valence electrons. The lowest BCUT2D eigenvalue weighted by Crippen LogP contribution is -1.89. The molecule has 0 aliphatic heterocycles. The van der Waals surface area contributed by atoms with E-state index in [4.69, 9.17) is 0 Å². The Bertz CT molecular complexity index is 174. The summed E-state index contributed by atoms with van der Waals surface area (Å²) in [5.41, 5.74) is 2.89. The fourth-order valence-corrected chi connectivity index (χ4v) is 1.56. The first-order valence-electron chi connectivity index (χ1n) is 6.13. The Kier molecular flexibility index (Phi) is 8.72. The number of rotatable bonds is 8. The zero-order valence-electron chi connectivity index (χ0n) is 10.2. The van der Waals surface area contributed by atoms with Crippen molar-refractivity contribution in [1.29, 1.82) is 0 Å². The van der Waals surface area contributed by atoms with Crippen LogP contribution in [0.15, 0.2) is 23.8 Å². The van der Waals surface area contributed by atoms with Gasteiger partial charge in [0.1, 0.15) is 0 Å². The molecule has 0 heteroatoms. The van der Waals surface area contributed by atoms with E-state index in [9.17, 15) is 0 Å². The van der Waals surface area contributed by atoms with E-state index in [0.29, 0.717) is 0 Å². The van der Waals surface area contributed by atoms with Gasteiger partial charge < -0.3 is 0 Å². The largest absolute Gasteiger partial charge is 0.0956 e. The van der Waals surface area contributed by atoms with Gasteiger partial charge in [0, 0.05) is 0 Å². The van der Waals surface area contributed by atoms with Crippen molar-refractivity contribution in [2.45, 2.75) is 65.7 Å². The lowest BCUT2D eigenvalue weighted by molar-refractivity contribution is 0.775. The third kappa shape index (κ3) is 6.01. The first-order valence-corrected chi connectivity index (χ1v) is 6.13. The molecule has 0 amide bonds. The second kappa shape index (κ2) is 9.05. The van der Waals surface area contributed by atoms with Gasteiger partial charge in [-0.3, -0.25) is 0 Å². The predicted octanol–water partition coefficient (Wildman–Crippen LogP) is 5.26. The summed E-state index contributed by atoms with van der Waals surface area (Å²) < 4.78 is 0. The van der Waals surface area contributed by atoms with Crippen molar-refractivity contribution in [1.82, 2.24) is 0 Å². The van der Waals surface area contributed by atoms with E-state index in [1.54, 1.807) is 0 Å². The van der Waals surface area contributed by atoms with Crippen molar-refractivity contribution in [2.75, 3.05) is 0 Å². The summed E-state index contributed by atoms with van der Waals surface area (Å²) in [6.45, 7) is 10.9. The molecule has 0 unspecified atom stereocenters. The Morgan fingerprint density at radius 2 is 1.71 bits per heavy atom. The standard InChI is InChI=1S/C14H26/c1-5-8-11-13(4)14(10-7-3)12-9-6-2/h12H,4-11H2,1-3H3/b14-12+. The van der Waals surface area contributed by atoms with Gasteiger partial charge in [0.15, 0.2) is 0 Å². The van der Waals surface area contributed by atoms with Gasteiger partial charge >= 0.3 is 0 Å². The Morgan fingerprint density at radius 1 is 1.00 bits per heavy atom. The molecule has 0 N–H and O–H groups in total. The molecule has 0 saturated carbocycles. The summed E-state index contributed by atoms with van der Waals surface area (Å²) in [5, 5.41) is 0. The average Bonchev–Trinajstić information content (AvgIpc) is 2.20. The molecule has 0 rings (SSSR count). The number of hydrogen-bond acceptors (Lipinski definition) is 0. The molecule has 0 atom stereocenters. The molecular formula is C14H26. The highest BCUT2D eigenvalue weighted by molar-refractivity contribution is 5.27. The van der Waals surface area contributed by atoms with Crippen LogP contribution in [0.3, 0.4) is 0 Å². The average molecular weight is 194 g/mol. The summed E-state index contributed by atoms with van der Waals surface area (Å²) in [4.78, 5) is 0. The van der Waals surface area contributed by atoms with Crippen LogP contribution in [0.2, 0.25) is 0 Å². The normalized spacial score (nSPS) is 11.8. The van der Waals surface area contributed by atoms with Crippen molar-refractivity contribution in [3.05, 3.63) is 23.8 Å². The van der Waals surface area contributed by atoms with Gasteiger partial charge in [0.25, 0.3) is 0 Å². The van der Waals surface area contributed by atoms with Crippen LogP contribution in [0.4, 0.5) is 0 Å². The Hall–Kier alpha value is -0.520. The molecule has 0 aromatic carbocycles. The van der Waals surface area contributed by atoms with Crippen LogP contribution in [0, 0.1) is 0 Å². The Labute approximate surface area is 90.1 Å². The summed E-state index contributed by atoms with van der Waals surface area (Å²) in [5.74, 6) is 0. The minimum Gasteiger partial charge on any atom is -0.0956 e. The second-order valence-corrected chi connectivity index (χ2v) is 3.98. The van der Waals surface area contributed by atoms with E-state index in [1.807, 2.05) is 0 Å². The van der Waals surface area contributed by atoms with Crippen LogP contribution in [0.5, 0.6) is 0 Å². The van der Waals surface area contributed by atoms with E-state index >= 15 is 0 Å². The van der Waals surface area contributed by atoms with Gasteiger partial charge in [-0.15, -0.1) is 0 Å². The van der Waals surface area contributed by atoms with Gasteiger partial charge in [-0.05, 0) is 31.3 Å². The summed E-state index contributed by atoms with van der Waals surface area (Å²) >= 11 is 0. The summed E-state index contributed by atoms with van der Waals surface area (Å²) in [6, 6.07) is 0. The van der Waals surface area contributed by atoms with Crippen molar-refractivity contribution in [3.8, 4) is 0 Å². The highest BCUT2D eigenvalue weighted by Crippen LogP contribution is 2.20. The van der Waals surface area contributed by atoms with Crippen molar-refractivity contribution >= 4 is 0 Å². The fraction of sp³-hybridized carbons (Fsp3) is 0.714. The van der Waals surface area contributed by atoms with Crippen LogP contribution in [0.1, 0.15) is 65.7 Å². The molecule has 0 fully saturated rings. The summed E-state index contributed by atoms with van der Waals surface area (Å²) in [7, 11) is 0. The molecule has 0 heterocycles. The van der Waals surface area contributed by atoms with Gasteiger partial charge in [-0.1, -0.05) is 58.3 Å². The van der Waals surface area contributed by atoms with Crippen molar-refractivity contribution < 1.29 is 0 Å². The Balaban J connectivity index is 4.10. The molecule has 0 aliphatic rings. The van der Waals surface area contributed by atoms with Crippen molar-refractivity contribution in [3.63, 3.8) is 0 Å². The van der Waals surface area contributed by atoms with E-state index in [-0.39, 0.29) is 0 Å². The van der Waals surface area contributed by atoms with Gasteiger partial charge in [0.2, 0.25) is 0 Å². The summed E-state index contributed by atoms with van der Waals surface area (Å²) in [6.07, 6.45) is 11.0. The number of unbranched alkanes of at least 4 members (excludes halogenated alkanes) is 2. The van der Waals surface area contributed by atoms with Crippen LogP contribution in [-0.4, -0.2) is 0 Å². The first-order chi connectivity index (χ1) is 6.76. The molecule has 0 saturated heterocycles. The predicted molar refractivity (Wildman–Crippen MR) is 66.6 cm³/mol. The van der Waals surface area contributed by atoms with E-state index in [1.165, 1.54) is 56.1 Å². The quantitative estimate of drug-likeness (QED) is 0.462. The smallest absolute Gasteiger partial charge is 0.0282 e.